The first kappa shape index (κ1) is 15.5. The lowest BCUT2D eigenvalue weighted by Gasteiger charge is -2.03. The molecule has 0 aliphatic heterocycles. The van der Waals surface area contributed by atoms with Gasteiger partial charge in [0.05, 0.1) is 0 Å². The van der Waals surface area contributed by atoms with E-state index >= 15 is 0 Å². The van der Waals surface area contributed by atoms with E-state index in [0.717, 1.165) is 6.42 Å². The molecule has 0 aromatic heterocycles. The minimum atomic E-state index is 1.06. The first-order valence-electron chi connectivity index (χ1n) is 6.97. The number of hydrogen-bond donors (Lipinski definition) is 0. The van der Waals surface area contributed by atoms with Crippen LogP contribution in [0.1, 0.15) is 71.6 Å². The molecule has 1 radical (unpaired) electrons. The lowest BCUT2D eigenvalue weighted by atomic mass is 10.0. The van der Waals surface area contributed by atoms with E-state index in [4.69, 9.17) is 0 Å². The predicted molar refractivity (Wildman–Crippen MR) is 75.5 cm³/mol. The van der Waals surface area contributed by atoms with Crippen molar-refractivity contribution >= 4 is 0 Å². The Hall–Kier alpha value is -0.520. The fourth-order valence-electron chi connectivity index (χ4n) is 1.85. The lowest BCUT2D eigenvalue weighted by Crippen LogP contribution is -1.83. The largest absolute Gasteiger partial charge is 0.0885 e. The Morgan fingerprint density at radius 1 is 0.938 bits per heavy atom. The summed E-state index contributed by atoms with van der Waals surface area (Å²) in [5.41, 5.74) is 1.66. The van der Waals surface area contributed by atoms with Crippen LogP contribution in [0, 0.1) is 6.92 Å². The standard InChI is InChI=1S/C16H29/c1-4-7-8-9-10-11-12-15-16(13-5-2)14-6-3/h9-10,15H,1,4-8,11-14H2,2-3H3/b10-9+. The van der Waals surface area contributed by atoms with Crippen LogP contribution >= 0.6 is 0 Å². The molecule has 93 valence electrons. The molecule has 0 aromatic rings. The minimum absolute atomic E-state index is 1.06. The average Bonchev–Trinajstić information content (AvgIpc) is 2.28. The predicted octanol–water partition coefficient (Wildman–Crippen LogP) is 5.85. The van der Waals surface area contributed by atoms with Crippen molar-refractivity contribution in [2.75, 3.05) is 0 Å². The number of rotatable bonds is 10. The molecule has 0 N–H and O–H groups in total. The number of allylic oxidation sites excluding steroid dienone is 4. The molecule has 0 saturated carbocycles. The molecule has 0 rings (SSSR count). The van der Waals surface area contributed by atoms with Crippen LogP contribution in [-0.2, 0) is 0 Å². The van der Waals surface area contributed by atoms with Gasteiger partial charge in [-0.2, -0.15) is 0 Å². The maximum absolute atomic E-state index is 3.84. The van der Waals surface area contributed by atoms with E-state index in [2.05, 4.69) is 39.0 Å². The summed E-state index contributed by atoms with van der Waals surface area (Å²) < 4.78 is 0. The molecule has 0 fully saturated rings. The fraction of sp³-hybridized carbons (Fsp3) is 0.688. The Bertz CT molecular complexity index is 178. The van der Waals surface area contributed by atoms with Crippen molar-refractivity contribution in [3.63, 3.8) is 0 Å². The zero-order valence-electron chi connectivity index (χ0n) is 11.3. The van der Waals surface area contributed by atoms with Gasteiger partial charge in [0, 0.05) is 0 Å². The zero-order valence-corrected chi connectivity index (χ0v) is 11.3. The van der Waals surface area contributed by atoms with Gasteiger partial charge < -0.3 is 0 Å². The quantitative estimate of drug-likeness (QED) is 0.320. The SMILES string of the molecule is [CH2]CCC/C=C/CCC=C(CCC)CCC. The summed E-state index contributed by atoms with van der Waals surface area (Å²) in [7, 11) is 0. The minimum Gasteiger partial charge on any atom is -0.0885 e. The Morgan fingerprint density at radius 3 is 2.12 bits per heavy atom. The first-order chi connectivity index (χ1) is 7.85. The molecule has 0 heterocycles. The van der Waals surface area contributed by atoms with Crippen LogP contribution in [0.15, 0.2) is 23.8 Å². The van der Waals surface area contributed by atoms with Gasteiger partial charge in [0.15, 0.2) is 0 Å². The van der Waals surface area contributed by atoms with Crippen LogP contribution in [0.5, 0.6) is 0 Å². The van der Waals surface area contributed by atoms with E-state index in [-0.39, 0.29) is 0 Å². The van der Waals surface area contributed by atoms with Gasteiger partial charge in [-0.1, -0.05) is 63.8 Å². The van der Waals surface area contributed by atoms with Crippen molar-refractivity contribution in [1.82, 2.24) is 0 Å². The van der Waals surface area contributed by atoms with Crippen LogP contribution in [0.3, 0.4) is 0 Å². The topological polar surface area (TPSA) is 0 Å². The first-order valence-corrected chi connectivity index (χ1v) is 6.97. The monoisotopic (exact) mass is 221 g/mol. The normalized spacial score (nSPS) is 10.9. The smallest absolute Gasteiger partial charge is 0.0313 e. The van der Waals surface area contributed by atoms with E-state index in [0.29, 0.717) is 0 Å². The molecule has 0 saturated heterocycles. The molecular weight excluding hydrogens is 192 g/mol. The molecule has 0 aromatic carbocycles. The Kier molecular flexibility index (Phi) is 12.1. The van der Waals surface area contributed by atoms with Gasteiger partial charge in [-0.15, -0.1) is 0 Å². The molecule has 0 atom stereocenters. The van der Waals surface area contributed by atoms with Gasteiger partial charge in [-0.3, -0.25) is 0 Å². The summed E-state index contributed by atoms with van der Waals surface area (Å²) in [6.45, 7) is 8.37. The number of hydrogen-bond acceptors (Lipinski definition) is 0. The molecule has 0 nitrogen and oxygen atoms in total. The van der Waals surface area contributed by atoms with E-state index in [9.17, 15) is 0 Å². The second-order valence-electron chi connectivity index (χ2n) is 4.41. The molecule has 0 aliphatic rings. The zero-order chi connectivity index (χ0) is 12.1. The molecule has 16 heavy (non-hydrogen) atoms. The third-order valence-electron chi connectivity index (χ3n) is 2.70. The van der Waals surface area contributed by atoms with Gasteiger partial charge in [-0.25, -0.2) is 0 Å². The van der Waals surface area contributed by atoms with Crippen molar-refractivity contribution in [3.05, 3.63) is 30.7 Å². The Labute approximate surface area is 103 Å². The van der Waals surface area contributed by atoms with Gasteiger partial charge in [0.25, 0.3) is 0 Å². The third kappa shape index (κ3) is 10.0. The number of unbranched alkanes of at least 4 members (excludes halogenated alkanes) is 3. The van der Waals surface area contributed by atoms with E-state index < -0.39 is 0 Å². The highest BCUT2D eigenvalue weighted by Gasteiger charge is 1.93. The summed E-state index contributed by atoms with van der Waals surface area (Å²) in [5.74, 6) is 0. The highest BCUT2D eigenvalue weighted by Crippen LogP contribution is 2.13. The Balaban J connectivity index is 3.64. The summed E-state index contributed by atoms with van der Waals surface area (Å²) >= 11 is 0. The van der Waals surface area contributed by atoms with Crippen molar-refractivity contribution in [2.24, 2.45) is 0 Å². The summed E-state index contributed by atoms with van der Waals surface area (Å²) in [5, 5.41) is 0. The van der Waals surface area contributed by atoms with Gasteiger partial charge >= 0.3 is 0 Å². The molecule has 0 unspecified atom stereocenters. The van der Waals surface area contributed by atoms with Gasteiger partial charge in [0.1, 0.15) is 0 Å². The molecule has 0 aliphatic carbocycles. The van der Waals surface area contributed by atoms with E-state index in [1.165, 1.54) is 51.4 Å². The third-order valence-corrected chi connectivity index (χ3v) is 2.70. The van der Waals surface area contributed by atoms with E-state index in [1.54, 1.807) is 5.57 Å². The van der Waals surface area contributed by atoms with Crippen LogP contribution in [0.25, 0.3) is 0 Å². The maximum atomic E-state index is 3.84. The lowest BCUT2D eigenvalue weighted by molar-refractivity contribution is 0.791. The maximum Gasteiger partial charge on any atom is -0.0313 e. The van der Waals surface area contributed by atoms with Crippen molar-refractivity contribution < 1.29 is 0 Å². The van der Waals surface area contributed by atoms with Crippen molar-refractivity contribution in [3.8, 4) is 0 Å². The highest BCUT2D eigenvalue weighted by molar-refractivity contribution is 5.02. The van der Waals surface area contributed by atoms with Gasteiger partial charge in [0.2, 0.25) is 0 Å². The highest BCUT2D eigenvalue weighted by atomic mass is 14.0. The summed E-state index contributed by atoms with van der Waals surface area (Å²) in [6, 6.07) is 0. The molecule has 0 bridgehead atoms. The second-order valence-corrected chi connectivity index (χ2v) is 4.41. The van der Waals surface area contributed by atoms with Gasteiger partial charge in [-0.05, 0) is 38.5 Å². The van der Waals surface area contributed by atoms with E-state index in [1.807, 2.05) is 0 Å². The van der Waals surface area contributed by atoms with Crippen LogP contribution in [-0.4, -0.2) is 0 Å². The van der Waals surface area contributed by atoms with Crippen molar-refractivity contribution in [2.45, 2.75) is 71.6 Å². The fourth-order valence-corrected chi connectivity index (χ4v) is 1.85. The summed E-state index contributed by atoms with van der Waals surface area (Å²) in [4.78, 5) is 0. The van der Waals surface area contributed by atoms with Crippen LogP contribution in [0.2, 0.25) is 0 Å². The second kappa shape index (κ2) is 12.5. The van der Waals surface area contributed by atoms with Crippen LogP contribution < -0.4 is 0 Å². The van der Waals surface area contributed by atoms with Crippen LogP contribution in [0.4, 0.5) is 0 Å². The Morgan fingerprint density at radius 2 is 1.56 bits per heavy atom. The molecular formula is C16H29. The molecule has 0 amide bonds. The molecule has 0 heteroatoms. The average molecular weight is 221 g/mol. The summed E-state index contributed by atoms with van der Waals surface area (Å²) in [6.07, 6.45) is 18.1. The van der Waals surface area contributed by atoms with Crippen molar-refractivity contribution in [1.29, 1.82) is 0 Å². The molecule has 0 spiro atoms.